The summed E-state index contributed by atoms with van der Waals surface area (Å²) in [6.45, 7) is 4.10. The Morgan fingerprint density at radius 1 is 1.62 bits per heavy atom. The van der Waals surface area contributed by atoms with Crippen LogP contribution in [0.25, 0.3) is 0 Å². The number of nitrogens with two attached hydrogens (primary N) is 1. The summed E-state index contributed by atoms with van der Waals surface area (Å²) in [6, 6.07) is -0.178. The molecule has 96 valence electrons. The first-order chi connectivity index (χ1) is 7.47. The molecule has 0 saturated heterocycles. The van der Waals surface area contributed by atoms with Gasteiger partial charge in [0.25, 0.3) is 0 Å². The number of carbonyl (C=O) groups is 1. The van der Waals surface area contributed by atoms with E-state index in [2.05, 4.69) is 5.32 Å². The van der Waals surface area contributed by atoms with E-state index in [1.54, 1.807) is 14.0 Å². The summed E-state index contributed by atoms with van der Waals surface area (Å²) in [6.07, 6.45) is 1.97. The number of rotatable bonds is 8. The van der Waals surface area contributed by atoms with Crippen LogP contribution in [0.1, 0.15) is 33.1 Å². The largest absolute Gasteiger partial charge is 0.396 e. The summed E-state index contributed by atoms with van der Waals surface area (Å²) in [7, 11) is 1.56. The number of carbonyl (C=O) groups excluding carboxylic acids is 1. The monoisotopic (exact) mass is 232 g/mol. The Morgan fingerprint density at radius 2 is 2.25 bits per heavy atom. The lowest BCUT2D eigenvalue weighted by Gasteiger charge is -2.26. The molecule has 0 aliphatic carbocycles. The zero-order valence-electron chi connectivity index (χ0n) is 10.5. The standard InChI is InChI=1S/C11H24N2O3/c1-4-6-11(2,12)10(15)13-9(5-7-14)8-16-3/h9,14H,4-8,12H2,1-3H3,(H,13,15). The van der Waals surface area contributed by atoms with Gasteiger partial charge >= 0.3 is 0 Å². The molecule has 0 rings (SSSR count). The quantitative estimate of drug-likeness (QED) is 0.550. The zero-order chi connectivity index (χ0) is 12.6. The van der Waals surface area contributed by atoms with E-state index in [1.165, 1.54) is 0 Å². The third-order valence-corrected chi connectivity index (χ3v) is 2.47. The fraction of sp³-hybridized carbons (Fsp3) is 0.909. The Kier molecular flexibility index (Phi) is 7.29. The molecule has 0 aliphatic rings. The van der Waals surface area contributed by atoms with Crippen molar-refractivity contribution in [1.82, 2.24) is 5.32 Å². The first kappa shape index (κ1) is 15.3. The van der Waals surface area contributed by atoms with Crippen LogP contribution >= 0.6 is 0 Å². The highest BCUT2D eigenvalue weighted by Crippen LogP contribution is 2.09. The minimum absolute atomic E-state index is 0.0172. The van der Waals surface area contributed by atoms with Crippen LogP contribution in [-0.2, 0) is 9.53 Å². The van der Waals surface area contributed by atoms with Crippen LogP contribution in [-0.4, -0.2) is 42.9 Å². The average molecular weight is 232 g/mol. The SMILES string of the molecule is CCCC(C)(N)C(=O)NC(CCO)COC. The van der Waals surface area contributed by atoms with Crippen molar-refractivity contribution >= 4 is 5.91 Å². The van der Waals surface area contributed by atoms with Gasteiger partial charge in [0.05, 0.1) is 18.2 Å². The molecule has 0 spiro atoms. The highest BCUT2D eigenvalue weighted by atomic mass is 16.5. The summed E-state index contributed by atoms with van der Waals surface area (Å²) >= 11 is 0. The fourth-order valence-electron chi connectivity index (χ4n) is 1.54. The summed E-state index contributed by atoms with van der Waals surface area (Å²) in [5, 5.41) is 11.6. The Morgan fingerprint density at radius 3 is 2.69 bits per heavy atom. The fourth-order valence-corrected chi connectivity index (χ4v) is 1.54. The number of hydrogen-bond donors (Lipinski definition) is 3. The van der Waals surface area contributed by atoms with Crippen molar-refractivity contribution in [3.05, 3.63) is 0 Å². The maximum Gasteiger partial charge on any atom is 0.240 e. The Labute approximate surface area is 97.3 Å². The molecule has 0 radical (unpaired) electrons. The average Bonchev–Trinajstić information content (AvgIpc) is 2.18. The Balaban J connectivity index is 4.26. The van der Waals surface area contributed by atoms with E-state index in [4.69, 9.17) is 15.6 Å². The van der Waals surface area contributed by atoms with Crippen LogP contribution in [0.15, 0.2) is 0 Å². The van der Waals surface area contributed by atoms with Crippen LogP contribution in [0, 0.1) is 0 Å². The highest BCUT2D eigenvalue weighted by molar-refractivity contribution is 5.85. The molecule has 0 aromatic rings. The van der Waals surface area contributed by atoms with E-state index in [9.17, 15) is 4.79 Å². The molecule has 16 heavy (non-hydrogen) atoms. The first-order valence-electron chi connectivity index (χ1n) is 5.67. The van der Waals surface area contributed by atoms with Gasteiger partial charge in [-0.3, -0.25) is 4.79 Å². The second kappa shape index (κ2) is 7.60. The van der Waals surface area contributed by atoms with Crippen molar-refractivity contribution in [2.45, 2.75) is 44.7 Å². The number of ether oxygens (including phenoxy) is 1. The minimum atomic E-state index is -0.851. The molecule has 0 aromatic heterocycles. The maximum atomic E-state index is 11.8. The van der Waals surface area contributed by atoms with Gasteiger partial charge in [0, 0.05) is 13.7 Å². The molecule has 5 nitrogen and oxygen atoms in total. The van der Waals surface area contributed by atoms with Crippen LogP contribution in [0.3, 0.4) is 0 Å². The summed E-state index contributed by atoms with van der Waals surface area (Å²) < 4.78 is 4.96. The number of aliphatic hydroxyl groups is 1. The van der Waals surface area contributed by atoms with Gasteiger partial charge in [-0.2, -0.15) is 0 Å². The molecule has 4 N–H and O–H groups in total. The van der Waals surface area contributed by atoms with Crippen molar-refractivity contribution in [2.75, 3.05) is 20.3 Å². The van der Waals surface area contributed by atoms with Crippen LogP contribution in [0.5, 0.6) is 0 Å². The molecule has 0 heterocycles. The van der Waals surface area contributed by atoms with Gasteiger partial charge in [0.2, 0.25) is 5.91 Å². The molecule has 2 unspecified atom stereocenters. The molecule has 0 saturated carbocycles. The zero-order valence-corrected chi connectivity index (χ0v) is 10.5. The molecule has 0 fully saturated rings. The number of amides is 1. The van der Waals surface area contributed by atoms with Crippen LogP contribution in [0.2, 0.25) is 0 Å². The van der Waals surface area contributed by atoms with E-state index in [0.29, 0.717) is 19.4 Å². The lowest BCUT2D eigenvalue weighted by molar-refractivity contribution is -0.127. The number of hydrogen-bond acceptors (Lipinski definition) is 4. The van der Waals surface area contributed by atoms with Gasteiger partial charge in [-0.25, -0.2) is 0 Å². The third kappa shape index (κ3) is 5.44. The summed E-state index contributed by atoms with van der Waals surface area (Å²) in [5.41, 5.74) is 5.05. The molecular formula is C11H24N2O3. The van der Waals surface area contributed by atoms with Gasteiger partial charge in [-0.05, 0) is 19.8 Å². The first-order valence-corrected chi connectivity index (χ1v) is 5.67. The van der Waals surface area contributed by atoms with E-state index < -0.39 is 5.54 Å². The lowest BCUT2D eigenvalue weighted by Crippen LogP contribution is -2.55. The topological polar surface area (TPSA) is 84.6 Å². The molecule has 0 bridgehead atoms. The van der Waals surface area contributed by atoms with E-state index in [-0.39, 0.29) is 18.6 Å². The summed E-state index contributed by atoms with van der Waals surface area (Å²) in [4.78, 5) is 11.8. The molecule has 2 atom stereocenters. The van der Waals surface area contributed by atoms with Crippen LogP contribution < -0.4 is 11.1 Å². The van der Waals surface area contributed by atoms with Gasteiger partial charge < -0.3 is 20.9 Å². The van der Waals surface area contributed by atoms with Gasteiger partial charge in [0.15, 0.2) is 0 Å². The van der Waals surface area contributed by atoms with E-state index in [0.717, 1.165) is 6.42 Å². The second-order valence-electron chi connectivity index (χ2n) is 4.31. The molecule has 1 amide bonds. The third-order valence-electron chi connectivity index (χ3n) is 2.47. The normalized spacial score (nSPS) is 16.6. The molecular weight excluding hydrogens is 208 g/mol. The Bertz CT molecular complexity index is 201. The number of nitrogens with one attached hydrogen (secondary N) is 1. The lowest BCUT2D eigenvalue weighted by atomic mass is 9.96. The van der Waals surface area contributed by atoms with Gasteiger partial charge in [-0.1, -0.05) is 13.3 Å². The van der Waals surface area contributed by atoms with Gasteiger partial charge in [0.1, 0.15) is 0 Å². The molecule has 0 aromatic carbocycles. The van der Waals surface area contributed by atoms with E-state index >= 15 is 0 Å². The van der Waals surface area contributed by atoms with E-state index in [1.807, 2.05) is 6.92 Å². The van der Waals surface area contributed by atoms with Crippen LogP contribution in [0.4, 0.5) is 0 Å². The number of methoxy groups -OCH3 is 1. The van der Waals surface area contributed by atoms with Crippen molar-refractivity contribution < 1.29 is 14.6 Å². The van der Waals surface area contributed by atoms with Crippen molar-refractivity contribution in [2.24, 2.45) is 5.73 Å². The smallest absolute Gasteiger partial charge is 0.240 e. The highest BCUT2D eigenvalue weighted by Gasteiger charge is 2.28. The molecule has 5 heteroatoms. The van der Waals surface area contributed by atoms with Crippen molar-refractivity contribution in [3.8, 4) is 0 Å². The maximum absolute atomic E-state index is 11.8. The van der Waals surface area contributed by atoms with Crippen molar-refractivity contribution in [1.29, 1.82) is 0 Å². The predicted molar refractivity (Wildman–Crippen MR) is 63.0 cm³/mol. The molecule has 0 aliphatic heterocycles. The van der Waals surface area contributed by atoms with Gasteiger partial charge in [-0.15, -0.1) is 0 Å². The second-order valence-corrected chi connectivity index (χ2v) is 4.31. The predicted octanol–water partition coefficient (Wildman–Crippen LogP) is 0.0175. The Hall–Kier alpha value is -0.650. The minimum Gasteiger partial charge on any atom is -0.396 e. The summed E-state index contributed by atoms with van der Waals surface area (Å²) in [5.74, 6) is -0.190. The van der Waals surface area contributed by atoms with Crippen molar-refractivity contribution in [3.63, 3.8) is 0 Å². The number of aliphatic hydroxyl groups excluding tert-OH is 1.